The predicted octanol–water partition coefficient (Wildman–Crippen LogP) is -4.43. The molecule has 0 aliphatic heterocycles. The monoisotopic (exact) mass is 330 g/mol. The number of rotatable bonds is 4. The first-order valence-electron chi connectivity index (χ1n) is 4.95. The predicted molar refractivity (Wildman–Crippen MR) is 61.7 cm³/mol. The summed E-state index contributed by atoms with van der Waals surface area (Å²) in [6, 6.07) is 0. The van der Waals surface area contributed by atoms with E-state index in [1.54, 1.807) is 0 Å². The summed E-state index contributed by atoms with van der Waals surface area (Å²) in [4.78, 5) is 46.7. The second-order valence-corrected chi connectivity index (χ2v) is 3.04. The maximum Gasteiger partial charge on any atom is 0.414 e. The number of carboxylic acids is 4. The maximum absolute atomic E-state index is 10.3. The first kappa shape index (κ1) is 24.4. The largest absolute Gasteiger partial charge is 0.473 e. The zero-order valence-corrected chi connectivity index (χ0v) is 10.7. The van der Waals surface area contributed by atoms with Crippen LogP contribution in [-0.2, 0) is 24.0 Å². The number of aliphatic carboxylic acids is 4. The van der Waals surface area contributed by atoms with Gasteiger partial charge in [0.15, 0.2) is 5.78 Å². The van der Waals surface area contributed by atoms with Crippen LogP contribution in [0, 0.1) is 0 Å². The molecule has 0 bridgehead atoms. The van der Waals surface area contributed by atoms with Gasteiger partial charge in [-0.15, -0.1) is 0 Å². The lowest BCUT2D eigenvalue weighted by atomic mass is 10.1. The van der Waals surface area contributed by atoms with Gasteiger partial charge in [0.05, 0.1) is 6.61 Å². The molecule has 8 N–H and O–H groups in total. The zero-order chi connectivity index (χ0) is 18.5. The molecule has 128 valence electrons. The fraction of sp³-hybridized carbons (Fsp3) is 0.444. The Labute approximate surface area is 121 Å². The van der Waals surface area contributed by atoms with Crippen LogP contribution in [-0.4, -0.2) is 95.9 Å². The molecule has 0 aliphatic rings. The summed E-state index contributed by atoms with van der Waals surface area (Å²) in [5.41, 5.74) is 0. The number of hydrogen-bond donors (Lipinski definition) is 8. The van der Waals surface area contributed by atoms with Crippen LogP contribution in [0.15, 0.2) is 0 Å². The van der Waals surface area contributed by atoms with Crippen molar-refractivity contribution in [2.75, 3.05) is 13.2 Å². The number of carbonyl (C=O) groups excluding carboxylic acids is 1. The summed E-state index contributed by atoms with van der Waals surface area (Å²) in [5.74, 6) is -8.20. The lowest BCUT2D eigenvalue weighted by Gasteiger charge is -2.11. The van der Waals surface area contributed by atoms with Crippen molar-refractivity contribution < 1.29 is 64.8 Å². The van der Waals surface area contributed by atoms with Crippen LogP contribution in [0.25, 0.3) is 0 Å². The third-order valence-corrected chi connectivity index (χ3v) is 1.40. The Kier molecular flexibility index (Phi) is 14.8. The van der Waals surface area contributed by atoms with Crippen molar-refractivity contribution >= 4 is 29.7 Å². The zero-order valence-electron chi connectivity index (χ0n) is 10.7. The van der Waals surface area contributed by atoms with Gasteiger partial charge in [-0.25, -0.2) is 19.2 Å². The molecule has 2 unspecified atom stereocenters. The van der Waals surface area contributed by atoms with Crippen molar-refractivity contribution in [2.24, 2.45) is 0 Å². The lowest BCUT2D eigenvalue weighted by Crippen LogP contribution is -2.37. The quantitative estimate of drug-likeness (QED) is 0.227. The van der Waals surface area contributed by atoms with Gasteiger partial charge in [0.2, 0.25) is 0 Å². The molecule has 0 saturated carbocycles. The lowest BCUT2D eigenvalue weighted by molar-refractivity contribution is -0.159. The molecule has 2 atom stereocenters. The number of carbonyl (C=O) groups is 5. The molecule has 0 saturated heterocycles. The van der Waals surface area contributed by atoms with Crippen LogP contribution >= 0.6 is 0 Å². The molecule has 0 fully saturated rings. The van der Waals surface area contributed by atoms with Crippen LogP contribution in [0.3, 0.4) is 0 Å². The normalized spacial score (nSPS) is 11.5. The van der Waals surface area contributed by atoms with E-state index in [1.807, 2.05) is 0 Å². The second kappa shape index (κ2) is 13.4. The highest BCUT2D eigenvalue weighted by molar-refractivity contribution is 6.27. The van der Waals surface area contributed by atoms with Gasteiger partial charge in [-0.1, -0.05) is 0 Å². The van der Waals surface area contributed by atoms with E-state index < -0.39 is 55.1 Å². The first-order chi connectivity index (χ1) is 9.91. The Hall–Kier alpha value is -2.61. The summed E-state index contributed by atoms with van der Waals surface area (Å²) in [5, 5.41) is 63.2. The highest BCUT2D eigenvalue weighted by atomic mass is 16.4. The minimum atomic E-state index is -1.82. The molecule has 13 nitrogen and oxygen atoms in total. The molecule has 0 aromatic carbocycles. The third kappa shape index (κ3) is 15.4. The molecule has 0 heterocycles. The van der Waals surface area contributed by atoms with E-state index in [9.17, 15) is 4.79 Å². The van der Waals surface area contributed by atoms with Crippen LogP contribution in [0.4, 0.5) is 0 Å². The molecule has 0 rings (SSSR count). The van der Waals surface area contributed by atoms with Crippen molar-refractivity contribution in [3.8, 4) is 0 Å². The second-order valence-electron chi connectivity index (χ2n) is 3.04. The SMILES string of the molecule is O=C(CO)C(O)C(O)CO.O=C(O)C(=O)O.O=C(O)C(=O)O. The average molecular weight is 330 g/mol. The van der Waals surface area contributed by atoms with E-state index in [4.69, 9.17) is 60.0 Å². The van der Waals surface area contributed by atoms with Crippen molar-refractivity contribution in [3.63, 3.8) is 0 Å². The van der Waals surface area contributed by atoms with Gasteiger partial charge in [-0.05, 0) is 0 Å². The summed E-state index contributed by atoms with van der Waals surface area (Å²) in [6.07, 6.45) is -3.19. The average Bonchev–Trinajstić information content (AvgIpc) is 2.45. The van der Waals surface area contributed by atoms with E-state index in [0.717, 1.165) is 0 Å². The maximum atomic E-state index is 10.3. The molecule has 0 aromatic heterocycles. The van der Waals surface area contributed by atoms with E-state index in [1.165, 1.54) is 0 Å². The molecule has 0 radical (unpaired) electrons. The molecule has 0 aromatic rings. The third-order valence-electron chi connectivity index (χ3n) is 1.40. The summed E-state index contributed by atoms with van der Waals surface area (Å²) in [7, 11) is 0. The van der Waals surface area contributed by atoms with Crippen LogP contribution in [0.2, 0.25) is 0 Å². The topological polar surface area (TPSA) is 247 Å². The van der Waals surface area contributed by atoms with Gasteiger partial charge in [-0.2, -0.15) is 0 Å². The highest BCUT2D eigenvalue weighted by Gasteiger charge is 2.21. The van der Waals surface area contributed by atoms with E-state index in [0.29, 0.717) is 0 Å². The van der Waals surface area contributed by atoms with E-state index in [2.05, 4.69) is 0 Å². The van der Waals surface area contributed by atoms with Gasteiger partial charge < -0.3 is 40.9 Å². The van der Waals surface area contributed by atoms with Gasteiger partial charge in [0.25, 0.3) is 0 Å². The summed E-state index contributed by atoms with van der Waals surface area (Å²) < 4.78 is 0. The summed E-state index contributed by atoms with van der Waals surface area (Å²) in [6.45, 7) is -1.54. The van der Waals surface area contributed by atoms with Crippen molar-refractivity contribution in [2.45, 2.75) is 12.2 Å². The molecule has 22 heavy (non-hydrogen) atoms. The number of aliphatic hydroxyl groups is 4. The van der Waals surface area contributed by atoms with Crippen molar-refractivity contribution in [1.82, 2.24) is 0 Å². The smallest absolute Gasteiger partial charge is 0.414 e. The number of ketones is 1. The van der Waals surface area contributed by atoms with Gasteiger partial charge >= 0.3 is 23.9 Å². The fourth-order valence-electron chi connectivity index (χ4n) is 0.408. The number of hydrogen-bond acceptors (Lipinski definition) is 9. The molecule has 13 heteroatoms. The van der Waals surface area contributed by atoms with Gasteiger partial charge in [0.1, 0.15) is 18.8 Å². The molecule has 0 amide bonds. The molecular formula is C9H14O13. The Morgan fingerprint density at radius 3 is 1.09 bits per heavy atom. The Morgan fingerprint density at radius 1 is 0.682 bits per heavy atom. The standard InChI is InChI=1S/C5H10O5.2C2H2O4/c6-1-3(8)5(10)4(9)2-7;2*3-1(4)2(5)6/h3,5-8,10H,1-2H2;2*(H,3,4)(H,5,6). The van der Waals surface area contributed by atoms with Crippen molar-refractivity contribution in [3.05, 3.63) is 0 Å². The Bertz CT molecular complexity index is 352. The van der Waals surface area contributed by atoms with Gasteiger partial charge in [-0.3, -0.25) is 4.79 Å². The number of carboxylic acid groups (broad SMARTS) is 4. The molecule has 0 aliphatic carbocycles. The molecular weight excluding hydrogens is 316 g/mol. The minimum Gasteiger partial charge on any atom is -0.473 e. The van der Waals surface area contributed by atoms with Crippen LogP contribution in [0.1, 0.15) is 0 Å². The van der Waals surface area contributed by atoms with Crippen molar-refractivity contribution in [1.29, 1.82) is 0 Å². The van der Waals surface area contributed by atoms with E-state index >= 15 is 0 Å². The Balaban J connectivity index is -0.000000261. The fourth-order valence-corrected chi connectivity index (χ4v) is 0.408. The number of Topliss-reactive ketones (excluding diaryl/α,β-unsaturated/α-hetero) is 1. The van der Waals surface area contributed by atoms with Crippen LogP contribution in [0.5, 0.6) is 0 Å². The minimum absolute atomic E-state index is 0.701. The molecule has 0 spiro atoms. The van der Waals surface area contributed by atoms with E-state index in [-0.39, 0.29) is 0 Å². The Morgan fingerprint density at radius 2 is 0.955 bits per heavy atom. The number of aliphatic hydroxyl groups excluding tert-OH is 4. The van der Waals surface area contributed by atoms with Crippen LogP contribution < -0.4 is 0 Å². The van der Waals surface area contributed by atoms with Gasteiger partial charge in [0, 0.05) is 0 Å². The highest BCUT2D eigenvalue weighted by Crippen LogP contribution is 1.92. The first-order valence-corrected chi connectivity index (χ1v) is 4.95. The summed E-state index contributed by atoms with van der Waals surface area (Å²) >= 11 is 0.